The van der Waals surface area contributed by atoms with Crippen molar-refractivity contribution in [2.45, 2.75) is 39.7 Å². The molecule has 1 aliphatic heterocycles. The molecule has 1 aliphatic rings. The quantitative estimate of drug-likeness (QED) is 0.673. The highest BCUT2D eigenvalue weighted by molar-refractivity contribution is 7.80. The Hall–Kier alpha value is -0.640. The number of rotatable bonds is 3. The van der Waals surface area contributed by atoms with E-state index in [0.717, 1.165) is 18.0 Å². The van der Waals surface area contributed by atoms with Gasteiger partial charge in [0.2, 0.25) is 0 Å². The van der Waals surface area contributed by atoms with Crippen LogP contribution in [0.1, 0.15) is 34.1 Å². The summed E-state index contributed by atoms with van der Waals surface area (Å²) in [5.74, 6) is 0. The third kappa shape index (κ3) is 1.75. The summed E-state index contributed by atoms with van der Waals surface area (Å²) in [6, 6.07) is 0.0596. The van der Waals surface area contributed by atoms with Gasteiger partial charge in [-0.2, -0.15) is 0 Å². The first-order valence-electron chi connectivity index (χ1n) is 5.06. The second kappa shape index (κ2) is 3.85. The topological polar surface area (TPSA) is 23.6 Å². The van der Waals surface area contributed by atoms with Crippen molar-refractivity contribution in [1.29, 1.82) is 0 Å². The highest BCUT2D eigenvalue weighted by atomic mass is 32.1. The van der Waals surface area contributed by atoms with E-state index in [1.807, 2.05) is 6.92 Å². The maximum Gasteiger partial charge on any atom is 0.325 e. The Morgan fingerprint density at radius 1 is 1.43 bits per heavy atom. The average molecular weight is 214 g/mol. The number of urea groups is 1. The lowest BCUT2D eigenvalue weighted by Gasteiger charge is -2.33. The van der Waals surface area contributed by atoms with Crippen LogP contribution in [0.4, 0.5) is 4.79 Å². The van der Waals surface area contributed by atoms with Crippen LogP contribution in [0.5, 0.6) is 0 Å². The van der Waals surface area contributed by atoms with Gasteiger partial charge in [0.25, 0.3) is 0 Å². The Kier molecular flexibility index (Phi) is 3.14. The number of thiocarbonyl (C=S) groups is 1. The predicted molar refractivity (Wildman–Crippen MR) is 61.5 cm³/mol. The summed E-state index contributed by atoms with van der Waals surface area (Å²) in [5, 5.41) is 0. The highest BCUT2D eigenvalue weighted by Crippen LogP contribution is 2.25. The van der Waals surface area contributed by atoms with E-state index in [4.69, 9.17) is 12.2 Å². The second-order valence-corrected chi connectivity index (χ2v) is 4.66. The molecule has 0 saturated carbocycles. The van der Waals surface area contributed by atoms with Crippen LogP contribution in [0.25, 0.3) is 0 Å². The lowest BCUT2D eigenvalue weighted by Crippen LogP contribution is -2.47. The Labute approximate surface area is 91.1 Å². The molecule has 4 heteroatoms. The van der Waals surface area contributed by atoms with Gasteiger partial charge in [0.1, 0.15) is 4.99 Å². The molecular formula is C10H18N2OS. The third-order valence-corrected chi connectivity index (χ3v) is 3.20. The third-order valence-electron chi connectivity index (χ3n) is 2.89. The highest BCUT2D eigenvalue weighted by Gasteiger charge is 2.40. The van der Waals surface area contributed by atoms with Gasteiger partial charge in [0, 0.05) is 12.1 Å². The number of carbonyl (C=O) groups excluding carboxylic acids is 1. The minimum Gasteiger partial charge on any atom is -0.318 e. The van der Waals surface area contributed by atoms with Gasteiger partial charge in [0.05, 0.1) is 6.54 Å². The summed E-state index contributed by atoms with van der Waals surface area (Å²) in [5.41, 5.74) is -0.155. The standard InChI is InChI=1S/C10H18N2OS/c1-5-10(3,4)12-8(14)7-11(6-2)9(12)13/h5-7H2,1-4H3. The zero-order chi connectivity index (χ0) is 10.9. The van der Waals surface area contributed by atoms with E-state index in [0.29, 0.717) is 6.54 Å². The molecule has 3 nitrogen and oxygen atoms in total. The lowest BCUT2D eigenvalue weighted by molar-refractivity contribution is 0.167. The van der Waals surface area contributed by atoms with Crippen LogP contribution in [0.15, 0.2) is 0 Å². The summed E-state index contributed by atoms with van der Waals surface area (Å²) in [7, 11) is 0. The Morgan fingerprint density at radius 2 is 2.00 bits per heavy atom. The number of hydrogen-bond donors (Lipinski definition) is 0. The molecule has 1 saturated heterocycles. The van der Waals surface area contributed by atoms with Crippen molar-refractivity contribution >= 4 is 23.2 Å². The molecule has 14 heavy (non-hydrogen) atoms. The molecule has 1 rings (SSSR count). The van der Waals surface area contributed by atoms with Crippen LogP contribution < -0.4 is 0 Å². The Bertz CT molecular complexity index is 263. The first-order chi connectivity index (χ1) is 6.44. The molecule has 0 spiro atoms. The van der Waals surface area contributed by atoms with Crippen LogP contribution >= 0.6 is 12.2 Å². The van der Waals surface area contributed by atoms with Gasteiger partial charge in [0.15, 0.2) is 0 Å². The van der Waals surface area contributed by atoms with Crippen molar-refractivity contribution in [3.05, 3.63) is 0 Å². The lowest BCUT2D eigenvalue weighted by atomic mass is 10.0. The van der Waals surface area contributed by atoms with Gasteiger partial charge in [-0.25, -0.2) is 4.79 Å². The first-order valence-corrected chi connectivity index (χ1v) is 5.46. The van der Waals surface area contributed by atoms with E-state index in [9.17, 15) is 4.79 Å². The number of likely N-dealkylation sites (N-methyl/N-ethyl adjacent to an activating group) is 1. The summed E-state index contributed by atoms with van der Waals surface area (Å²) in [6.07, 6.45) is 0.913. The molecule has 0 unspecified atom stereocenters. The van der Waals surface area contributed by atoms with Gasteiger partial charge >= 0.3 is 6.03 Å². The molecule has 2 amide bonds. The fourth-order valence-corrected chi connectivity index (χ4v) is 2.03. The van der Waals surface area contributed by atoms with Gasteiger partial charge in [-0.05, 0) is 27.2 Å². The second-order valence-electron chi connectivity index (χ2n) is 4.19. The summed E-state index contributed by atoms with van der Waals surface area (Å²) >= 11 is 5.24. The molecule has 1 fully saturated rings. The average Bonchev–Trinajstić information content (AvgIpc) is 2.41. The molecule has 0 aromatic heterocycles. The number of hydrogen-bond acceptors (Lipinski definition) is 2. The summed E-state index contributed by atoms with van der Waals surface area (Å²) in [4.78, 5) is 16.2. The molecular weight excluding hydrogens is 196 g/mol. The minimum absolute atomic E-state index is 0.0596. The molecule has 1 heterocycles. The zero-order valence-electron chi connectivity index (χ0n) is 9.33. The van der Waals surface area contributed by atoms with Crippen molar-refractivity contribution in [2.24, 2.45) is 0 Å². The van der Waals surface area contributed by atoms with Crippen LogP contribution in [-0.4, -0.2) is 39.4 Å². The number of amides is 2. The Morgan fingerprint density at radius 3 is 2.36 bits per heavy atom. The minimum atomic E-state index is -0.155. The molecule has 0 bridgehead atoms. The molecule has 0 N–H and O–H groups in total. The van der Waals surface area contributed by atoms with E-state index >= 15 is 0 Å². The molecule has 80 valence electrons. The maximum atomic E-state index is 11.9. The van der Waals surface area contributed by atoms with Crippen molar-refractivity contribution < 1.29 is 4.79 Å². The SMILES string of the molecule is CCN1CC(=S)N(C(C)(C)CC)C1=O. The number of nitrogens with zero attached hydrogens (tertiary/aromatic N) is 2. The van der Waals surface area contributed by atoms with Crippen LogP contribution in [0, 0.1) is 0 Å². The Balaban J connectivity index is 2.90. The molecule has 0 atom stereocenters. The maximum absolute atomic E-state index is 11.9. The largest absolute Gasteiger partial charge is 0.325 e. The van der Waals surface area contributed by atoms with E-state index < -0.39 is 0 Å². The van der Waals surface area contributed by atoms with Crippen LogP contribution in [0.2, 0.25) is 0 Å². The fourth-order valence-electron chi connectivity index (χ4n) is 1.55. The molecule has 0 aromatic carbocycles. The first kappa shape index (κ1) is 11.4. The smallest absolute Gasteiger partial charge is 0.318 e. The van der Waals surface area contributed by atoms with Crippen LogP contribution in [0.3, 0.4) is 0 Å². The van der Waals surface area contributed by atoms with Gasteiger partial charge < -0.3 is 4.90 Å². The van der Waals surface area contributed by atoms with E-state index in [1.165, 1.54) is 0 Å². The summed E-state index contributed by atoms with van der Waals surface area (Å²) in [6.45, 7) is 9.49. The molecule has 0 aromatic rings. The number of carbonyl (C=O) groups is 1. The van der Waals surface area contributed by atoms with Crippen molar-refractivity contribution in [2.75, 3.05) is 13.1 Å². The van der Waals surface area contributed by atoms with Crippen molar-refractivity contribution in [1.82, 2.24) is 9.80 Å². The van der Waals surface area contributed by atoms with Crippen LogP contribution in [-0.2, 0) is 0 Å². The van der Waals surface area contributed by atoms with Gasteiger partial charge in [-0.1, -0.05) is 19.1 Å². The van der Waals surface area contributed by atoms with Crippen molar-refractivity contribution in [3.8, 4) is 0 Å². The zero-order valence-corrected chi connectivity index (χ0v) is 10.1. The van der Waals surface area contributed by atoms with E-state index in [-0.39, 0.29) is 11.6 Å². The van der Waals surface area contributed by atoms with E-state index in [2.05, 4.69) is 20.8 Å². The van der Waals surface area contributed by atoms with E-state index in [1.54, 1.807) is 9.80 Å². The van der Waals surface area contributed by atoms with Crippen molar-refractivity contribution in [3.63, 3.8) is 0 Å². The molecule has 0 radical (unpaired) electrons. The monoisotopic (exact) mass is 214 g/mol. The predicted octanol–water partition coefficient (Wildman–Crippen LogP) is 2.26. The van der Waals surface area contributed by atoms with Gasteiger partial charge in [-0.3, -0.25) is 4.90 Å². The fraction of sp³-hybridized carbons (Fsp3) is 0.800. The molecule has 0 aliphatic carbocycles. The van der Waals surface area contributed by atoms with Gasteiger partial charge in [-0.15, -0.1) is 0 Å². The normalized spacial score (nSPS) is 18.3. The summed E-state index contributed by atoms with van der Waals surface area (Å²) < 4.78 is 0.